The summed E-state index contributed by atoms with van der Waals surface area (Å²) in [6, 6.07) is 5.27. The third kappa shape index (κ3) is 6.22. The van der Waals surface area contributed by atoms with Crippen LogP contribution in [-0.2, 0) is 14.4 Å². The van der Waals surface area contributed by atoms with Crippen LogP contribution in [0.5, 0.6) is 11.5 Å². The number of carbonyl (C=O) groups is 3. The topological polar surface area (TPSA) is 110 Å². The summed E-state index contributed by atoms with van der Waals surface area (Å²) >= 11 is 1.33. The van der Waals surface area contributed by atoms with Gasteiger partial charge >= 0.3 is 0 Å². The Bertz CT molecular complexity index is 1020. The second-order valence-corrected chi connectivity index (χ2v) is 9.12. The first-order valence-electron chi connectivity index (χ1n) is 11.2. The number of nitrogens with zero attached hydrogens (tertiary/aromatic N) is 2. The van der Waals surface area contributed by atoms with Gasteiger partial charge in [0.25, 0.3) is 0 Å². The zero-order valence-corrected chi connectivity index (χ0v) is 19.4. The molecule has 10 heteroatoms. The highest BCUT2D eigenvalue weighted by molar-refractivity contribution is 7.13. The van der Waals surface area contributed by atoms with E-state index >= 15 is 0 Å². The highest BCUT2D eigenvalue weighted by Crippen LogP contribution is 2.35. The summed E-state index contributed by atoms with van der Waals surface area (Å²) in [5.74, 6) is 0.287. The third-order valence-corrected chi connectivity index (χ3v) is 6.55. The Morgan fingerprint density at radius 3 is 2.64 bits per heavy atom. The van der Waals surface area contributed by atoms with Crippen LogP contribution < -0.4 is 25.0 Å². The van der Waals surface area contributed by atoms with E-state index in [0.717, 1.165) is 31.4 Å². The van der Waals surface area contributed by atoms with E-state index in [2.05, 4.69) is 15.6 Å². The van der Waals surface area contributed by atoms with Gasteiger partial charge in [-0.05, 0) is 31.9 Å². The van der Waals surface area contributed by atoms with Gasteiger partial charge in [-0.15, -0.1) is 11.3 Å². The van der Waals surface area contributed by atoms with E-state index in [4.69, 9.17) is 9.47 Å². The van der Waals surface area contributed by atoms with E-state index in [0.29, 0.717) is 22.3 Å². The van der Waals surface area contributed by atoms with Crippen molar-refractivity contribution in [2.45, 2.75) is 57.9 Å². The standard InChI is InChI=1S/C23H28N4O5S/c1-15-13-33-23(24-15)26-20(28)9-10-22(30)27(12-21(29)25-16-5-3-2-4-6-16)17-7-8-18-19(11-17)32-14-31-18/h7-8,11,13,16H,2-6,9-10,12,14H2,1H3,(H,25,29)(H,24,26,28). The number of amides is 3. The van der Waals surface area contributed by atoms with Crippen LogP contribution in [0.2, 0.25) is 0 Å². The molecule has 1 aromatic heterocycles. The zero-order chi connectivity index (χ0) is 23.2. The average molecular weight is 473 g/mol. The Balaban J connectivity index is 1.41. The number of carbonyl (C=O) groups excluding carboxylic acids is 3. The van der Waals surface area contributed by atoms with E-state index in [1.807, 2.05) is 12.3 Å². The Kier molecular flexibility index (Phi) is 7.43. The summed E-state index contributed by atoms with van der Waals surface area (Å²) in [7, 11) is 0. The van der Waals surface area contributed by atoms with Crippen molar-refractivity contribution in [1.82, 2.24) is 10.3 Å². The molecule has 2 aliphatic rings. The molecule has 1 aromatic carbocycles. The van der Waals surface area contributed by atoms with Crippen molar-refractivity contribution in [3.05, 3.63) is 29.3 Å². The summed E-state index contributed by atoms with van der Waals surface area (Å²) in [6.45, 7) is 1.84. The van der Waals surface area contributed by atoms with E-state index in [9.17, 15) is 14.4 Å². The number of aryl methyl sites for hydroxylation is 1. The van der Waals surface area contributed by atoms with Crippen molar-refractivity contribution < 1.29 is 23.9 Å². The number of anilines is 2. The number of hydrogen-bond acceptors (Lipinski definition) is 7. The fourth-order valence-electron chi connectivity index (χ4n) is 3.99. The molecular weight excluding hydrogens is 444 g/mol. The maximum Gasteiger partial charge on any atom is 0.240 e. The lowest BCUT2D eigenvalue weighted by Gasteiger charge is -2.26. The van der Waals surface area contributed by atoms with Gasteiger partial charge in [-0.2, -0.15) is 0 Å². The maximum absolute atomic E-state index is 13.1. The third-order valence-electron chi connectivity index (χ3n) is 5.67. The molecule has 33 heavy (non-hydrogen) atoms. The molecule has 2 aromatic rings. The Morgan fingerprint density at radius 1 is 1.09 bits per heavy atom. The molecule has 3 amide bonds. The van der Waals surface area contributed by atoms with Gasteiger partial charge in [-0.1, -0.05) is 19.3 Å². The average Bonchev–Trinajstić information content (AvgIpc) is 3.44. The van der Waals surface area contributed by atoms with Crippen molar-refractivity contribution >= 4 is 39.9 Å². The minimum absolute atomic E-state index is 0.0112. The Hall–Kier alpha value is -3.14. The SMILES string of the molecule is Cc1csc(NC(=O)CCC(=O)N(CC(=O)NC2CCCCC2)c2ccc3c(c2)OCO3)n1. The largest absolute Gasteiger partial charge is 0.454 e. The van der Waals surface area contributed by atoms with E-state index in [1.54, 1.807) is 18.2 Å². The first-order valence-corrected chi connectivity index (χ1v) is 12.1. The highest BCUT2D eigenvalue weighted by atomic mass is 32.1. The van der Waals surface area contributed by atoms with Crippen LogP contribution >= 0.6 is 11.3 Å². The lowest BCUT2D eigenvalue weighted by Crippen LogP contribution is -2.45. The Morgan fingerprint density at radius 2 is 1.88 bits per heavy atom. The van der Waals surface area contributed by atoms with Gasteiger partial charge in [0.05, 0.1) is 5.69 Å². The lowest BCUT2D eigenvalue weighted by atomic mass is 9.95. The summed E-state index contributed by atoms with van der Waals surface area (Å²) in [5, 5.41) is 8.10. The number of ether oxygens (including phenoxy) is 2. The Labute approximate surface area is 196 Å². The molecule has 0 unspecified atom stereocenters. The van der Waals surface area contributed by atoms with Gasteiger partial charge in [-0.3, -0.25) is 14.4 Å². The molecule has 0 spiro atoms. The van der Waals surface area contributed by atoms with Crippen LogP contribution in [0.15, 0.2) is 23.6 Å². The highest BCUT2D eigenvalue weighted by Gasteiger charge is 2.24. The normalized spacial score (nSPS) is 15.2. The molecule has 176 valence electrons. The van der Waals surface area contributed by atoms with Crippen LogP contribution in [0, 0.1) is 6.92 Å². The molecular formula is C23H28N4O5S. The summed E-state index contributed by atoms with van der Waals surface area (Å²) in [4.78, 5) is 43.8. The van der Waals surface area contributed by atoms with Crippen LogP contribution in [0.4, 0.5) is 10.8 Å². The van der Waals surface area contributed by atoms with Gasteiger partial charge in [0.1, 0.15) is 6.54 Å². The minimum atomic E-state index is -0.321. The molecule has 1 aliphatic carbocycles. The molecule has 2 N–H and O–H groups in total. The van der Waals surface area contributed by atoms with Crippen molar-refractivity contribution in [1.29, 1.82) is 0 Å². The maximum atomic E-state index is 13.1. The van der Waals surface area contributed by atoms with Crippen molar-refractivity contribution in [3.63, 3.8) is 0 Å². The van der Waals surface area contributed by atoms with Crippen LogP contribution in [0.25, 0.3) is 0 Å². The lowest BCUT2D eigenvalue weighted by molar-refractivity contribution is -0.125. The number of aromatic nitrogens is 1. The van der Waals surface area contributed by atoms with Crippen molar-refractivity contribution in [2.24, 2.45) is 0 Å². The van der Waals surface area contributed by atoms with Gasteiger partial charge in [-0.25, -0.2) is 4.98 Å². The molecule has 0 bridgehead atoms. The van der Waals surface area contributed by atoms with Crippen LogP contribution in [0.1, 0.15) is 50.6 Å². The monoisotopic (exact) mass is 472 g/mol. The first kappa shape index (κ1) is 23.0. The number of hydrogen-bond donors (Lipinski definition) is 2. The molecule has 1 aliphatic heterocycles. The van der Waals surface area contributed by atoms with Crippen LogP contribution in [0.3, 0.4) is 0 Å². The molecule has 1 fully saturated rings. The number of nitrogens with one attached hydrogen (secondary N) is 2. The summed E-state index contributed by atoms with van der Waals surface area (Å²) < 4.78 is 10.8. The van der Waals surface area contributed by atoms with Gasteiger partial charge in [0.2, 0.25) is 24.5 Å². The number of fused-ring (bicyclic) bond motifs is 1. The molecule has 1 saturated carbocycles. The first-order chi connectivity index (χ1) is 16.0. The molecule has 0 saturated heterocycles. The molecule has 4 rings (SSSR count). The van der Waals surface area contributed by atoms with E-state index in [-0.39, 0.29) is 49.9 Å². The predicted octanol–water partition coefficient (Wildman–Crippen LogP) is 3.38. The second kappa shape index (κ2) is 10.7. The number of rotatable bonds is 8. The predicted molar refractivity (Wildman–Crippen MR) is 125 cm³/mol. The molecule has 0 atom stereocenters. The molecule has 0 radical (unpaired) electrons. The fourth-order valence-corrected chi connectivity index (χ4v) is 4.69. The van der Waals surface area contributed by atoms with Crippen molar-refractivity contribution in [2.75, 3.05) is 23.6 Å². The van der Waals surface area contributed by atoms with E-state index in [1.165, 1.54) is 22.7 Å². The summed E-state index contributed by atoms with van der Waals surface area (Å²) in [5.41, 5.74) is 1.35. The minimum Gasteiger partial charge on any atom is -0.454 e. The smallest absolute Gasteiger partial charge is 0.240 e. The van der Waals surface area contributed by atoms with Crippen molar-refractivity contribution in [3.8, 4) is 11.5 Å². The second-order valence-electron chi connectivity index (χ2n) is 8.26. The number of benzene rings is 1. The molecule has 9 nitrogen and oxygen atoms in total. The van der Waals surface area contributed by atoms with E-state index < -0.39 is 0 Å². The number of thiazole rings is 1. The zero-order valence-electron chi connectivity index (χ0n) is 18.6. The van der Waals surface area contributed by atoms with Gasteiger partial charge < -0.3 is 25.0 Å². The fraction of sp³-hybridized carbons (Fsp3) is 0.478. The van der Waals surface area contributed by atoms with Gasteiger partial charge in [0.15, 0.2) is 16.6 Å². The molecule has 2 heterocycles. The quantitative estimate of drug-likeness (QED) is 0.610. The van der Waals surface area contributed by atoms with Gasteiger partial charge in [0, 0.05) is 36.0 Å². The van der Waals surface area contributed by atoms with Crippen LogP contribution in [-0.4, -0.2) is 42.1 Å². The summed E-state index contributed by atoms with van der Waals surface area (Å²) in [6.07, 6.45) is 5.26.